The largest absolute Gasteiger partial charge is 0.315 e. The summed E-state index contributed by atoms with van der Waals surface area (Å²) < 4.78 is 0. The van der Waals surface area contributed by atoms with E-state index in [4.69, 9.17) is 0 Å². The molecule has 0 radical (unpaired) electrons. The van der Waals surface area contributed by atoms with Gasteiger partial charge in [-0.05, 0) is 65.2 Å². The smallest absolute Gasteiger partial charge is 0.0272 e. The fourth-order valence-corrected chi connectivity index (χ4v) is 4.53. The molecule has 0 aromatic heterocycles. The molecule has 5 unspecified atom stereocenters. The SMILES string of the molecule is CNC1CC(C)CC(C)C1N(C)CC1CCCN1C. The summed E-state index contributed by atoms with van der Waals surface area (Å²) in [5, 5.41) is 3.58. The molecule has 2 fully saturated rings. The predicted octanol–water partition coefficient (Wildman–Crippen LogP) is 2.03. The Kier molecular flexibility index (Phi) is 5.27. The Bertz CT molecular complexity index is 281. The van der Waals surface area contributed by atoms with Crippen molar-refractivity contribution in [3.05, 3.63) is 0 Å². The van der Waals surface area contributed by atoms with Gasteiger partial charge in [0.1, 0.15) is 0 Å². The maximum absolute atomic E-state index is 3.58. The lowest BCUT2D eigenvalue weighted by Gasteiger charge is -2.45. The summed E-state index contributed by atoms with van der Waals surface area (Å²) in [6.07, 6.45) is 5.47. The van der Waals surface area contributed by atoms with Gasteiger partial charge in [0.05, 0.1) is 0 Å². The van der Waals surface area contributed by atoms with Gasteiger partial charge in [0.25, 0.3) is 0 Å². The van der Waals surface area contributed by atoms with Crippen LogP contribution in [0.1, 0.15) is 39.5 Å². The number of rotatable bonds is 4. The summed E-state index contributed by atoms with van der Waals surface area (Å²) in [6.45, 7) is 7.37. The fraction of sp³-hybridized carbons (Fsp3) is 1.00. The van der Waals surface area contributed by atoms with Crippen LogP contribution >= 0.6 is 0 Å². The van der Waals surface area contributed by atoms with Crippen LogP contribution in [0.15, 0.2) is 0 Å². The quantitative estimate of drug-likeness (QED) is 0.841. The van der Waals surface area contributed by atoms with Gasteiger partial charge < -0.3 is 15.1 Å². The second-order valence-electron chi connectivity index (χ2n) is 7.16. The van der Waals surface area contributed by atoms with Crippen LogP contribution in [0.4, 0.5) is 0 Å². The first kappa shape index (κ1) is 15.3. The molecule has 19 heavy (non-hydrogen) atoms. The van der Waals surface area contributed by atoms with E-state index in [9.17, 15) is 0 Å². The number of nitrogens with one attached hydrogen (secondary N) is 1. The first-order valence-electron chi connectivity index (χ1n) is 8.10. The summed E-state index contributed by atoms with van der Waals surface area (Å²) in [5.41, 5.74) is 0. The molecule has 0 amide bonds. The summed E-state index contributed by atoms with van der Waals surface area (Å²) in [6, 6.07) is 2.14. The molecular weight excluding hydrogens is 234 g/mol. The monoisotopic (exact) mass is 267 g/mol. The molecule has 0 aromatic carbocycles. The second-order valence-corrected chi connectivity index (χ2v) is 7.16. The van der Waals surface area contributed by atoms with Gasteiger partial charge in [-0.25, -0.2) is 0 Å². The van der Waals surface area contributed by atoms with Crippen LogP contribution in [-0.2, 0) is 0 Å². The van der Waals surface area contributed by atoms with Crippen molar-refractivity contribution >= 4 is 0 Å². The highest BCUT2D eigenvalue weighted by molar-refractivity contribution is 4.94. The Balaban J connectivity index is 1.97. The summed E-state index contributed by atoms with van der Waals surface area (Å²) >= 11 is 0. The molecule has 2 rings (SSSR count). The Hall–Kier alpha value is -0.120. The fourth-order valence-electron chi connectivity index (χ4n) is 4.53. The Morgan fingerprint density at radius 2 is 2.00 bits per heavy atom. The van der Waals surface area contributed by atoms with Crippen LogP contribution in [0.2, 0.25) is 0 Å². The van der Waals surface area contributed by atoms with Crippen LogP contribution in [0.3, 0.4) is 0 Å². The maximum atomic E-state index is 3.58. The van der Waals surface area contributed by atoms with E-state index in [1.807, 2.05) is 0 Å². The lowest BCUT2D eigenvalue weighted by Crippen LogP contribution is -2.56. The first-order chi connectivity index (χ1) is 9.02. The average Bonchev–Trinajstić information content (AvgIpc) is 2.73. The van der Waals surface area contributed by atoms with Gasteiger partial charge in [-0.2, -0.15) is 0 Å². The summed E-state index contributed by atoms with van der Waals surface area (Å²) in [4.78, 5) is 5.19. The molecule has 0 bridgehead atoms. The normalized spacial score (nSPS) is 41.1. The summed E-state index contributed by atoms with van der Waals surface area (Å²) in [7, 11) is 6.76. The minimum atomic E-state index is 0.662. The van der Waals surface area contributed by atoms with Gasteiger partial charge >= 0.3 is 0 Å². The van der Waals surface area contributed by atoms with E-state index in [-0.39, 0.29) is 0 Å². The Morgan fingerprint density at radius 1 is 1.26 bits per heavy atom. The van der Waals surface area contributed by atoms with Crippen molar-refractivity contribution in [1.29, 1.82) is 0 Å². The number of nitrogens with zero attached hydrogens (tertiary/aromatic N) is 2. The van der Waals surface area contributed by atoms with Gasteiger partial charge in [-0.15, -0.1) is 0 Å². The van der Waals surface area contributed by atoms with E-state index in [1.54, 1.807) is 0 Å². The van der Waals surface area contributed by atoms with Gasteiger partial charge in [-0.1, -0.05) is 13.8 Å². The van der Waals surface area contributed by atoms with E-state index in [0.717, 1.165) is 17.9 Å². The number of likely N-dealkylation sites (N-methyl/N-ethyl adjacent to an activating group) is 3. The highest BCUT2D eigenvalue weighted by Gasteiger charge is 2.36. The molecule has 1 saturated carbocycles. The van der Waals surface area contributed by atoms with Gasteiger partial charge in [-0.3, -0.25) is 0 Å². The topological polar surface area (TPSA) is 18.5 Å². The van der Waals surface area contributed by atoms with Crippen LogP contribution in [-0.4, -0.2) is 62.2 Å². The zero-order valence-corrected chi connectivity index (χ0v) is 13.5. The van der Waals surface area contributed by atoms with E-state index >= 15 is 0 Å². The molecule has 3 nitrogen and oxygen atoms in total. The van der Waals surface area contributed by atoms with E-state index < -0.39 is 0 Å². The van der Waals surface area contributed by atoms with E-state index in [2.05, 4.69) is 50.1 Å². The maximum Gasteiger partial charge on any atom is 0.0272 e. The lowest BCUT2D eigenvalue weighted by molar-refractivity contribution is 0.0675. The van der Waals surface area contributed by atoms with Crippen LogP contribution < -0.4 is 5.32 Å². The molecule has 112 valence electrons. The van der Waals surface area contributed by atoms with Gasteiger partial charge in [0.2, 0.25) is 0 Å². The zero-order valence-electron chi connectivity index (χ0n) is 13.5. The van der Waals surface area contributed by atoms with Crippen molar-refractivity contribution in [2.75, 3.05) is 34.2 Å². The molecule has 1 heterocycles. The van der Waals surface area contributed by atoms with Gasteiger partial charge in [0.15, 0.2) is 0 Å². The van der Waals surface area contributed by atoms with E-state index in [1.165, 1.54) is 38.8 Å². The molecule has 1 saturated heterocycles. The standard InChI is InChI=1S/C16H33N3/c1-12-9-13(2)16(15(10-12)17-3)19(5)11-14-7-6-8-18(14)4/h12-17H,6-11H2,1-5H3. The second kappa shape index (κ2) is 6.55. The Labute approximate surface area is 119 Å². The Morgan fingerprint density at radius 3 is 2.58 bits per heavy atom. The van der Waals surface area contributed by atoms with Crippen molar-refractivity contribution in [3.63, 3.8) is 0 Å². The predicted molar refractivity (Wildman–Crippen MR) is 82.5 cm³/mol. The molecule has 1 aliphatic heterocycles. The van der Waals surface area contributed by atoms with Crippen molar-refractivity contribution in [3.8, 4) is 0 Å². The molecule has 1 N–H and O–H groups in total. The third-order valence-electron chi connectivity index (χ3n) is 5.48. The summed E-state index contributed by atoms with van der Waals surface area (Å²) in [5.74, 6) is 1.67. The number of hydrogen-bond acceptors (Lipinski definition) is 3. The minimum absolute atomic E-state index is 0.662. The van der Waals surface area contributed by atoms with Crippen LogP contribution in [0.5, 0.6) is 0 Å². The van der Waals surface area contributed by atoms with Crippen molar-refractivity contribution in [2.45, 2.75) is 57.7 Å². The molecule has 0 aromatic rings. The third kappa shape index (κ3) is 3.50. The molecule has 0 spiro atoms. The van der Waals surface area contributed by atoms with Gasteiger partial charge in [0, 0.05) is 24.7 Å². The minimum Gasteiger partial charge on any atom is -0.315 e. The van der Waals surface area contributed by atoms with Crippen molar-refractivity contribution in [1.82, 2.24) is 15.1 Å². The third-order valence-corrected chi connectivity index (χ3v) is 5.48. The van der Waals surface area contributed by atoms with Crippen LogP contribution in [0.25, 0.3) is 0 Å². The van der Waals surface area contributed by atoms with Crippen LogP contribution in [0, 0.1) is 11.8 Å². The van der Waals surface area contributed by atoms with Crippen molar-refractivity contribution in [2.24, 2.45) is 11.8 Å². The molecule has 3 heteroatoms. The molecule has 5 atom stereocenters. The lowest BCUT2D eigenvalue weighted by atomic mass is 9.76. The molecule has 2 aliphatic rings. The molecule has 1 aliphatic carbocycles. The average molecular weight is 267 g/mol. The van der Waals surface area contributed by atoms with Crippen molar-refractivity contribution < 1.29 is 0 Å². The highest BCUT2D eigenvalue weighted by atomic mass is 15.2. The zero-order chi connectivity index (χ0) is 14.0. The number of likely N-dealkylation sites (tertiary alicyclic amines) is 1. The molecular formula is C16H33N3. The van der Waals surface area contributed by atoms with E-state index in [0.29, 0.717) is 12.1 Å². The highest BCUT2D eigenvalue weighted by Crippen LogP contribution is 2.32. The first-order valence-corrected chi connectivity index (χ1v) is 8.10. The number of hydrogen-bond donors (Lipinski definition) is 1.